The van der Waals surface area contributed by atoms with E-state index in [9.17, 15) is 9.00 Å². The molecule has 0 heterocycles. The Labute approximate surface area is 107 Å². The quantitative estimate of drug-likeness (QED) is 0.775. The van der Waals surface area contributed by atoms with Crippen LogP contribution in [0.4, 0.5) is 0 Å². The molecule has 1 rings (SSSR count). The van der Waals surface area contributed by atoms with Gasteiger partial charge in [-0.25, -0.2) is 0 Å². The maximum Gasteiger partial charge on any atom is 0.175 e. The Balaban J connectivity index is 2.73. The molecule has 1 atom stereocenters. The molecule has 0 N–H and O–H groups in total. The van der Waals surface area contributed by atoms with Crippen molar-refractivity contribution in [3.8, 4) is 0 Å². The van der Waals surface area contributed by atoms with Gasteiger partial charge in [0, 0.05) is 22.1 Å². The fraction of sp³-hybridized carbons (Fsp3) is 0.364. The van der Waals surface area contributed by atoms with Crippen LogP contribution >= 0.6 is 23.2 Å². The fourth-order valence-corrected chi connectivity index (χ4v) is 2.56. The summed E-state index contributed by atoms with van der Waals surface area (Å²) in [4.78, 5) is 11.7. The number of Topliss-reactive ketones (excluding diaryl/α,β-unsaturated/α-hetero) is 1. The summed E-state index contributed by atoms with van der Waals surface area (Å²) < 4.78 is 11.4. The molecule has 0 aliphatic heterocycles. The monoisotopic (exact) mass is 278 g/mol. The summed E-state index contributed by atoms with van der Waals surface area (Å²) >= 11 is 11.5. The van der Waals surface area contributed by atoms with Gasteiger partial charge < -0.3 is 0 Å². The predicted molar refractivity (Wildman–Crippen MR) is 69.0 cm³/mol. The Morgan fingerprint density at radius 1 is 1.31 bits per heavy atom. The lowest BCUT2D eigenvalue weighted by atomic mass is 10.1. The summed E-state index contributed by atoms with van der Waals surface area (Å²) in [6.45, 7) is 1.93. The predicted octanol–water partition coefficient (Wildman–Crippen LogP) is 3.33. The molecular weight excluding hydrogens is 267 g/mol. The van der Waals surface area contributed by atoms with Crippen molar-refractivity contribution >= 4 is 39.8 Å². The average molecular weight is 279 g/mol. The summed E-state index contributed by atoms with van der Waals surface area (Å²) in [6.07, 6.45) is 0.807. The minimum absolute atomic E-state index is 0.0474. The van der Waals surface area contributed by atoms with Crippen molar-refractivity contribution in [2.45, 2.75) is 13.3 Å². The van der Waals surface area contributed by atoms with Gasteiger partial charge in [0.05, 0.1) is 15.8 Å². The van der Waals surface area contributed by atoms with Crippen LogP contribution in [0.5, 0.6) is 0 Å². The Bertz CT molecular complexity index is 418. The number of halogens is 2. The fourth-order valence-electron chi connectivity index (χ4n) is 1.20. The lowest BCUT2D eigenvalue weighted by Crippen LogP contribution is -2.12. The normalized spacial score (nSPS) is 12.4. The van der Waals surface area contributed by atoms with Gasteiger partial charge in [0.2, 0.25) is 0 Å². The third-order valence-electron chi connectivity index (χ3n) is 1.97. The first-order valence-corrected chi connectivity index (χ1v) is 7.12. The van der Waals surface area contributed by atoms with Gasteiger partial charge >= 0.3 is 0 Å². The second-order valence-corrected chi connectivity index (χ2v) is 5.73. The van der Waals surface area contributed by atoms with Crippen LogP contribution in [0.2, 0.25) is 10.0 Å². The van der Waals surface area contributed by atoms with Gasteiger partial charge in [-0.2, -0.15) is 0 Å². The van der Waals surface area contributed by atoms with E-state index in [2.05, 4.69) is 0 Å². The molecule has 0 radical (unpaired) electrons. The minimum Gasteiger partial charge on any atom is -0.293 e. The van der Waals surface area contributed by atoms with E-state index in [-0.39, 0.29) is 11.5 Å². The third kappa shape index (κ3) is 3.89. The molecule has 1 unspecified atom stereocenters. The number of ketones is 1. The highest BCUT2D eigenvalue weighted by molar-refractivity contribution is 7.85. The molecule has 5 heteroatoms. The largest absolute Gasteiger partial charge is 0.293 e. The van der Waals surface area contributed by atoms with Crippen molar-refractivity contribution in [3.05, 3.63) is 33.8 Å². The van der Waals surface area contributed by atoms with Crippen molar-refractivity contribution in [2.75, 3.05) is 11.5 Å². The molecule has 1 aromatic rings. The maximum absolute atomic E-state index is 11.7. The number of hydrogen-bond acceptors (Lipinski definition) is 2. The zero-order valence-corrected chi connectivity index (χ0v) is 11.2. The van der Waals surface area contributed by atoms with E-state index in [1.807, 2.05) is 6.92 Å². The molecule has 0 spiro atoms. The Hall–Kier alpha value is -0.380. The molecule has 0 aromatic heterocycles. The van der Waals surface area contributed by atoms with Gasteiger partial charge in [-0.05, 0) is 24.6 Å². The molecule has 0 bridgehead atoms. The van der Waals surface area contributed by atoms with Crippen LogP contribution in [0.15, 0.2) is 18.2 Å². The SMILES string of the molecule is CCCS(=O)CC(=O)c1ccc(Cl)c(Cl)c1. The van der Waals surface area contributed by atoms with Crippen LogP contribution in [0.1, 0.15) is 23.7 Å². The number of rotatable bonds is 5. The van der Waals surface area contributed by atoms with Crippen molar-refractivity contribution in [2.24, 2.45) is 0 Å². The highest BCUT2D eigenvalue weighted by Crippen LogP contribution is 2.22. The first kappa shape index (κ1) is 13.7. The van der Waals surface area contributed by atoms with Crippen LogP contribution < -0.4 is 0 Å². The molecule has 0 aliphatic carbocycles. The first-order chi connectivity index (χ1) is 7.54. The number of hydrogen-bond donors (Lipinski definition) is 0. The molecule has 0 aliphatic rings. The third-order valence-corrected chi connectivity index (χ3v) is 4.15. The van der Waals surface area contributed by atoms with Crippen LogP contribution in [0.25, 0.3) is 0 Å². The van der Waals surface area contributed by atoms with Crippen LogP contribution in [0, 0.1) is 0 Å². The molecule has 2 nitrogen and oxygen atoms in total. The molecule has 16 heavy (non-hydrogen) atoms. The van der Waals surface area contributed by atoms with Gasteiger partial charge in [0.25, 0.3) is 0 Å². The topological polar surface area (TPSA) is 34.1 Å². The molecular formula is C11H12Cl2O2S. The van der Waals surface area contributed by atoms with Crippen LogP contribution in [-0.4, -0.2) is 21.5 Å². The van der Waals surface area contributed by atoms with Crippen LogP contribution in [-0.2, 0) is 10.8 Å². The second-order valence-electron chi connectivity index (χ2n) is 3.34. The van der Waals surface area contributed by atoms with E-state index in [0.29, 0.717) is 21.4 Å². The number of benzene rings is 1. The smallest absolute Gasteiger partial charge is 0.175 e. The van der Waals surface area contributed by atoms with E-state index in [1.165, 1.54) is 6.07 Å². The summed E-state index contributed by atoms with van der Waals surface area (Å²) in [7, 11) is -1.09. The molecule has 0 amide bonds. The Kier molecular flexibility index (Phi) is 5.46. The van der Waals surface area contributed by atoms with Gasteiger partial charge in [-0.1, -0.05) is 30.1 Å². The van der Waals surface area contributed by atoms with E-state index in [0.717, 1.165) is 6.42 Å². The zero-order valence-electron chi connectivity index (χ0n) is 8.83. The van der Waals surface area contributed by atoms with Crippen molar-refractivity contribution in [3.63, 3.8) is 0 Å². The van der Waals surface area contributed by atoms with Gasteiger partial charge in [0.1, 0.15) is 0 Å². The van der Waals surface area contributed by atoms with E-state index < -0.39 is 10.8 Å². The zero-order chi connectivity index (χ0) is 12.1. The van der Waals surface area contributed by atoms with E-state index in [4.69, 9.17) is 23.2 Å². The molecule has 0 saturated heterocycles. The summed E-state index contributed by atoms with van der Waals surface area (Å²) in [5, 5.41) is 0.752. The average Bonchev–Trinajstić information content (AvgIpc) is 2.22. The van der Waals surface area contributed by atoms with Crippen molar-refractivity contribution in [1.29, 1.82) is 0 Å². The van der Waals surface area contributed by atoms with E-state index in [1.54, 1.807) is 12.1 Å². The first-order valence-electron chi connectivity index (χ1n) is 4.87. The van der Waals surface area contributed by atoms with Gasteiger partial charge in [-0.15, -0.1) is 0 Å². The maximum atomic E-state index is 11.7. The lowest BCUT2D eigenvalue weighted by Gasteiger charge is -2.02. The van der Waals surface area contributed by atoms with Crippen LogP contribution in [0.3, 0.4) is 0 Å². The Morgan fingerprint density at radius 3 is 2.56 bits per heavy atom. The molecule has 1 aromatic carbocycles. The number of carbonyl (C=O) groups excluding carboxylic acids is 1. The van der Waals surface area contributed by atoms with Crippen molar-refractivity contribution in [1.82, 2.24) is 0 Å². The number of carbonyl (C=O) groups is 1. The molecule has 0 fully saturated rings. The van der Waals surface area contributed by atoms with Gasteiger partial charge in [-0.3, -0.25) is 9.00 Å². The van der Waals surface area contributed by atoms with E-state index >= 15 is 0 Å². The summed E-state index contributed by atoms with van der Waals surface area (Å²) in [6, 6.07) is 4.68. The molecule has 88 valence electrons. The standard InChI is InChI=1S/C11H12Cl2O2S/c1-2-5-16(15)7-11(14)8-3-4-9(12)10(13)6-8/h3-4,6H,2,5,7H2,1H3. The lowest BCUT2D eigenvalue weighted by molar-refractivity contribution is 0.102. The minimum atomic E-state index is -1.09. The summed E-state index contributed by atoms with van der Waals surface area (Å²) in [5.41, 5.74) is 0.457. The highest BCUT2D eigenvalue weighted by atomic mass is 35.5. The van der Waals surface area contributed by atoms with Crippen molar-refractivity contribution < 1.29 is 9.00 Å². The summed E-state index contributed by atoms with van der Waals surface area (Å²) in [5.74, 6) is 0.434. The molecule has 0 saturated carbocycles. The van der Waals surface area contributed by atoms with Gasteiger partial charge in [0.15, 0.2) is 5.78 Å². The second kappa shape index (κ2) is 6.38. The Morgan fingerprint density at radius 2 is 2.00 bits per heavy atom. The highest BCUT2D eigenvalue weighted by Gasteiger charge is 2.11.